The number of hydrogen-bond donors (Lipinski definition) is 2. The average Bonchev–Trinajstić information content (AvgIpc) is 2.62. The van der Waals surface area contributed by atoms with Crippen LogP contribution in [0.1, 0.15) is 116 Å². The summed E-state index contributed by atoms with van der Waals surface area (Å²) in [6.07, 6.45) is 24.3. The Hall–Kier alpha value is 0.360. The Morgan fingerprint density at radius 2 is 0.750 bits per heavy atom. The first kappa shape index (κ1) is 33.0. The molecule has 0 heterocycles. The molecule has 0 aromatic rings. The van der Waals surface area contributed by atoms with E-state index in [1.807, 2.05) is 0 Å². The molecule has 0 bridgehead atoms. The SMILES string of the molecule is CCCCCCCCCCCCCCCCCC[N+](C)(C)C.NCCCN.[Br-]. The van der Waals surface area contributed by atoms with Crippen molar-refractivity contribution in [2.75, 3.05) is 40.8 Å². The van der Waals surface area contributed by atoms with E-state index in [2.05, 4.69) is 28.1 Å². The van der Waals surface area contributed by atoms with Crippen molar-refractivity contribution in [1.29, 1.82) is 0 Å². The van der Waals surface area contributed by atoms with Crippen molar-refractivity contribution < 1.29 is 21.5 Å². The molecule has 0 saturated carbocycles. The van der Waals surface area contributed by atoms with Crippen molar-refractivity contribution in [1.82, 2.24) is 0 Å². The second kappa shape index (κ2) is 27.4. The zero-order chi connectivity index (χ0) is 20.6. The van der Waals surface area contributed by atoms with E-state index in [-0.39, 0.29) is 17.0 Å². The minimum atomic E-state index is 0. The molecule has 4 N–H and O–H groups in total. The maximum atomic E-state index is 5.06. The molecule has 0 unspecified atom stereocenters. The molecule has 0 aromatic heterocycles. The molecule has 0 aliphatic heterocycles. The van der Waals surface area contributed by atoms with Crippen LogP contribution in [0.15, 0.2) is 0 Å². The Morgan fingerprint density at radius 1 is 0.464 bits per heavy atom. The zero-order valence-electron chi connectivity index (χ0n) is 20.1. The fraction of sp³-hybridized carbons (Fsp3) is 1.00. The van der Waals surface area contributed by atoms with Crippen LogP contribution in [0.5, 0.6) is 0 Å². The van der Waals surface area contributed by atoms with Crippen LogP contribution in [0.2, 0.25) is 0 Å². The van der Waals surface area contributed by atoms with Gasteiger partial charge in [0.25, 0.3) is 0 Å². The minimum Gasteiger partial charge on any atom is -1.00 e. The van der Waals surface area contributed by atoms with Gasteiger partial charge in [-0.05, 0) is 32.4 Å². The van der Waals surface area contributed by atoms with Crippen molar-refractivity contribution in [2.24, 2.45) is 11.5 Å². The summed E-state index contributed by atoms with van der Waals surface area (Å²) in [5.41, 5.74) is 10.1. The molecule has 0 fully saturated rings. The van der Waals surface area contributed by atoms with Crippen molar-refractivity contribution in [3.8, 4) is 0 Å². The van der Waals surface area contributed by atoms with E-state index >= 15 is 0 Å². The smallest absolute Gasteiger partial charge is 0.0780 e. The second-order valence-electron chi connectivity index (χ2n) is 9.25. The summed E-state index contributed by atoms with van der Waals surface area (Å²) in [5, 5.41) is 0. The molecule has 4 heteroatoms. The Balaban J connectivity index is -0.000000918. The fourth-order valence-electron chi connectivity index (χ4n) is 3.25. The first-order chi connectivity index (χ1) is 13.0. The molecule has 28 heavy (non-hydrogen) atoms. The maximum absolute atomic E-state index is 5.06. The standard InChI is InChI=1S/C21H46N.C3H10N2.BrH/c1-5-6-7-8-9-10-11-12-13-14-15-16-17-18-19-20-21-22(2,3)4;4-2-1-3-5;/h5-21H2,1-4H3;1-5H2;1H/q+1;;/p-1. The van der Waals surface area contributed by atoms with Crippen LogP contribution >= 0.6 is 0 Å². The first-order valence-corrected chi connectivity index (χ1v) is 12.2. The third-order valence-corrected chi connectivity index (χ3v) is 5.09. The highest BCUT2D eigenvalue weighted by Gasteiger charge is 2.04. The Labute approximate surface area is 189 Å². The van der Waals surface area contributed by atoms with Crippen LogP contribution in [-0.2, 0) is 0 Å². The number of quaternary nitrogens is 1. The summed E-state index contributed by atoms with van der Waals surface area (Å²) in [6, 6.07) is 0. The van der Waals surface area contributed by atoms with Gasteiger partial charge < -0.3 is 32.9 Å². The molecular weight excluding hydrogens is 410 g/mol. The number of nitrogens with zero attached hydrogens (tertiary/aromatic N) is 1. The zero-order valence-corrected chi connectivity index (χ0v) is 21.7. The highest BCUT2D eigenvalue weighted by atomic mass is 79.9. The van der Waals surface area contributed by atoms with Gasteiger partial charge in [0.05, 0.1) is 27.7 Å². The molecular formula is C24H56BrN3. The average molecular weight is 467 g/mol. The van der Waals surface area contributed by atoms with Gasteiger partial charge in [0, 0.05) is 0 Å². The van der Waals surface area contributed by atoms with Crippen LogP contribution < -0.4 is 28.4 Å². The van der Waals surface area contributed by atoms with Gasteiger partial charge >= 0.3 is 0 Å². The van der Waals surface area contributed by atoms with Crippen LogP contribution in [0.3, 0.4) is 0 Å². The lowest BCUT2D eigenvalue weighted by Gasteiger charge is -2.23. The van der Waals surface area contributed by atoms with Gasteiger partial charge in [0.1, 0.15) is 0 Å². The molecule has 0 amide bonds. The lowest BCUT2D eigenvalue weighted by Crippen LogP contribution is -3.00. The predicted molar refractivity (Wildman–Crippen MR) is 125 cm³/mol. The van der Waals surface area contributed by atoms with E-state index in [9.17, 15) is 0 Å². The number of nitrogens with two attached hydrogens (primary N) is 2. The highest BCUT2D eigenvalue weighted by Crippen LogP contribution is 2.13. The lowest BCUT2D eigenvalue weighted by molar-refractivity contribution is -0.870. The molecule has 0 aliphatic carbocycles. The molecule has 0 saturated heterocycles. The molecule has 0 aliphatic rings. The molecule has 0 atom stereocenters. The van der Waals surface area contributed by atoms with E-state index in [1.165, 1.54) is 109 Å². The van der Waals surface area contributed by atoms with Gasteiger partial charge in [-0.15, -0.1) is 0 Å². The number of halogens is 1. The third kappa shape index (κ3) is 37.2. The van der Waals surface area contributed by atoms with E-state index in [0.29, 0.717) is 0 Å². The van der Waals surface area contributed by atoms with E-state index in [1.54, 1.807) is 0 Å². The monoisotopic (exact) mass is 465 g/mol. The molecule has 3 nitrogen and oxygen atoms in total. The summed E-state index contributed by atoms with van der Waals surface area (Å²) >= 11 is 0. The Kier molecular flexibility index (Phi) is 32.3. The van der Waals surface area contributed by atoms with E-state index in [4.69, 9.17) is 11.5 Å². The molecule has 0 rings (SSSR count). The molecule has 174 valence electrons. The number of hydrogen-bond acceptors (Lipinski definition) is 2. The fourth-order valence-corrected chi connectivity index (χ4v) is 3.25. The molecule has 0 radical (unpaired) electrons. The predicted octanol–water partition coefficient (Wildman–Crippen LogP) is 3.25. The van der Waals surface area contributed by atoms with Gasteiger partial charge in [0.2, 0.25) is 0 Å². The minimum absolute atomic E-state index is 0. The van der Waals surface area contributed by atoms with Crippen molar-refractivity contribution >= 4 is 0 Å². The summed E-state index contributed by atoms with van der Waals surface area (Å²) in [5.74, 6) is 0. The number of unbranched alkanes of at least 4 members (excludes halogenated alkanes) is 15. The van der Waals surface area contributed by atoms with Gasteiger partial charge in [-0.2, -0.15) is 0 Å². The van der Waals surface area contributed by atoms with Crippen molar-refractivity contribution in [3.63, 3.8) is 0 Å². The Morgan fingerprint density at radius 3 is 0.964 bits per heavy atom. The van der Waals surface area contributed by atoms with Crippen LogP contribution in [0.4, 0.5) is 0 Å². The van der Waals surface area contributed by atoms with Crippen molar-refractivity contribution in [2.45, 2.75) is 116 Å². The quantitative estimate of drug-likeness (QED) is 0.227. The van der Waals surface area contributed by atoms with E-state index in [0.717, 1.165) is 24.0 Å². The molecule has 0 spiro atoms. The number of rotatable bonds is 19. The highest BCUT2D eigenvalue weighted by molar-refractivity contribution is 4.50. The largest absolute Gasteiger partial charge is 1.00 e. The molecule has 0 aromatic carbocycles. The third-order valence-electron chi connectivity index (χ3n) is 5.09. The van der Waals surface area contributed by atoms with Crippen LogP contribution in [-0.4, -0.2) is 45.3 Å². The first-order valence-electron chi connectivity index (χ1n) is 12.2. The summed E-state index contributed by atoms with van der Waals surface area (Å²) < 4.78 is 1.12. The Bertz CT molecular complexity index is 253. The normalized spacial score (nSPS) is 10.9. The van der Waals surface area contributed by atoms with Gasteiger partial charge in [-0.25, -0.2) is 0 Å². The topological polar surface area (TPSA) is 52.0 Å². The van der Waals surface area contributed by atoms with E-state index < -0.39 is 0 Å². The van der Waals surface area contributed by atoms with Gasteiger partial charge in [-0.1, -0.05) is 96.8 Å². The van der Waals surface area contributed by atoms with Crippen LogP contribution in [0.25, 0.3) is 0 Å². The summed E-state index contributed by atoms with van der Waals surface area (Å²) in [4.78, 5) is 0. The van der Waals surface area contributed by atoms with Crippen LogP contribution in [0, 0.1) is 0 Å². The maximum Gasteiger partial charge on any atom is 0.0780 e. The summed E-state index contributed by atoms with van der Waals surface area (Å²) in [7, 11) is 6.89. The summed E-state index contributed by atoms with van der Waals surface area (Å²) in [6.45, 7) is 5.07. The van der Waals surface area contributed by atoms with Gasteiger partial charge in [0.15, 0.2) is 0 Å². The lowest BCUT2D eigenvalue weighted by atomic mass is 10.0. The van der Waals surface area contributed by atoms with Gasteiger partial charge in [-0.3, -0.25) is 0 Å². The second-order valence-corrected chi connectivity index (χ2v) is 9.25. The van der Waals surface area contributed by atoms with Crippen molar-refractivity contribution in [3.05, 3.63) is 0 Å².